The minimum atomic E-state index is -1.75. The summed E-state index contributed by atoms with van der Waals surface area (Å²) in [6.45, 7) is 2.17. The summed E-state index contributed by atoms with van der Waals surface area (Å²) in [5.74, 6) is -5.69. The van der Waals surface area contributed by atoms with Gasteiger partial charge in [-0.05, 0) is 75.6 Å². The van der Waals surface area contributed by atoms with Crippen LogP contribution in [0.4, 0.5) is 0 Å². The Bertz CT molecular complexity index is 3310. The van der Waals surface area contributed by atoms with Crippen LogP contribution in [0.5, 0.6) is 5.88 Å². The molecular formula is C58H59Cl3N6O17. The average Bonchev–Trinajstić information content (AvgIpc) is 4.28. The highest BCUT2D eigenvalue weighted by Crippen LogP contribution is 2.25. The van der Waals surface area contributed by atoms with E-state index >= 15 is 0 Å². The fourth-order valence-corrected chi connectivity index (χ4v) is 7.69. The van der Waals surface area contributed by atoms with Gasteiger partial charge in [0, 0.05) is 41.5 Å². The molecule has 0 aliphatic carbocycles. The van der Waals surface area contributed by atoms with E-state index in [-0.39, 0.29) is 55.5 Å². The van der Waals surface area contributed by atoms with Crippen molar-refractivity contribution >= 4 is 76.3 Å². The van der Waals surface area contributed by atoms with Gasteiger partial charge >= 0.3 is 35.7 Å². The Morgan fingerprint density at radius 3 is 1.64 bits per heavy atom. The van der Waals surface area contributed by atoms with Crippen molar-refractivity contribution < 1.29 is 76.9 Å². The summed E-state index contributed by atoms with van der Waals surface area (Å²) < 4.78 is 29.2. The van der Waals surface area contributed by atoms with E-state index in [1.165, 1.54) is 16.1 Å². The number of rotatable bonds is 27. The normalized spacial score (nSPS) is 11.4. The van der Waals surface area contributed by atoms with E-state index in [1.807, 2.05) is 104 Å². The van der Waals surface area contributed by atoms with Crippen molar-refractivity contribution in [1.29, 1.82) is 0 Å². The molecule has 6 N–H and O–H groups in total. The highest BCUT2D eigenvalue weighted by Gasteiger charge is 2.26. The van der Waals surface area contributed by atoms with Crippen LogP contribution in [0, 0.1) is 0 Å². The van der Waals surface area contributed by atoms with Gasteiger partial charge in [0.2, 0.25) is 18.3 Å². The number of hydrogen-bond donors (Lipinski definition) is 6. The summed E-state index contributed by atoms with van der Waals surface area (Å²) in [6.07, 6.45) is -1.29. The summed E-state index contributed by atoms with van der Waals surface area (Å²) in [6, 6.07) is 39.8. The van der Waals surface area contributed by atoms with Gasteiger partial charge in [0.15, 0.2) is 30.7 Å². The first-order valence-corrected chi connectivity index (χ1v) is 26.9. The molecule has 0 fully saturated rings. The number of aromatic amines is 1. The molecule has 0 radical (unpaired) electrons. The fourth-order valence-electron chi connectivity index (χ4n) is 7.19. The fraction of sp³-hybridized carbons (Fsp3) is 0.259. The number of carboxylic acid groups (broad SMARTS) is 1. The molecule has 26 heteroatoms. The number of ether oxygens (including phenoxy) is 4. The number of aliphatic carboxylic acids is 1. The largest absolute Gasteiger partial charge is 0.479 e. The highest BCUT2D eigenvalue weighted by molar-refractivity contribution is 6.31. The molecule has 2 aromatic heterocycles. The number of amides is 2. The topological polar surface area (TPSA) is 320 Å². The van der Waals surface area contributed by atoms with Crippen molar-refractivity contribution in [3.05, 3.63) is 188 Å². The molecule has 7 aromatic rings. The number of hydrogen-bond acceptors (Lipinski definition) is 19. The van der Waals surface area contributed by atoms with E-state index in [4.69, 9.17) is 63.2 Å². The SMILES string of the molecule is CCCC(=O)OCCl.CCCC(=O)OCOc1cc(C(=O)NN(Cc2ccc(-c3cccc(Cl)c3)cc2)C[C@@H](O)C(=O)O)on1.O=C(COC(=O)[C@H](O)CN(Cc1ccc(-c2cccc(Cl)c2)cc1)NC(=O)c1cc(=O)[nH]o1)c1ccccc1. The van der Waals surface area contributed by atoms with E-state index in [9.17, 15) is 48.6 Å². The van der Waals surface area contributed by atoms with Crippen LogP contribution in [0.3, 0.4) is 0 Å². The molecule has 7 rings (SSSR count). The monoisotopic (exact) mass is 1220 g/mol. The van der Waals surface area contributed by atoms with Crippen LogP contribution in [-0.4, -0.2) is 122 Å². The van der Waals surface area contributed by atoms with Gasteiger partial charge in [0.05, 0.1) is 25.2 Å². The van der Waals surface area contributed by atoms with Gasteiger partial charge in [-0.15, -0.1) is 0 Å². The van der Waals surface area contributed by atoms with Gasteiger partial charge in [0.25, 0.3) is 11.4 Å². The molecule has 2 atom stereocenters. The molecule has 23 nitrogen and oxygen atoms in total. The van der Waals surface area contributed by atoms with Crippen LogP contribution in [0.25, 0.3) is 22.3 Å². The first-order valence-electron chi connectivity index (χ1n) is 25.6. The first-order chi connectivity index (χ1) is 40.3. The van der Waals surface area contributed by atoms with Crippen LogP contribution in [0.1, 0.15) is 82.1 Å². The third kappa shape index (κ3) is 22.9. The second kappa shape index (κ2) is 34.7. The number of benzene rings is 5. The first kappa shape index (κ1) is 66.1. The van der Waals surface area contributed by atoms with Gasteiger partial charge in [-0.25, -0.2) is 19.6 Å². The van der Waals surface area contributed by atoms with E-state index < -0.39 is 73.2 Å². The molecule has 0 aliphatic heterocycles. The number of halogens is 3. The van der Waals surface area contributed by atoms with E-state index in [1.54, 1.807) is 42.5 Å². The molecule has 0 spiro atoms. The summed E-state index contributed by atoms with van der Waals surface area (Å²) >= 11 is 17.2. The van der Waals surface area contributed by atoms with Crippen LogP contribution in [0.15, 0.2) is 153 Å². The average molecular weight is 1220 g/mol. The number of H-pyrrole nitrogens is 1. The number of nitrogens with one attached hydrogen (secondary N) is 3. The minimum absolute atomic E-state index is 0.0289. The lowest BCUT2D eigenvalue weighted by atomic mass is 10.0. The van der Waals surface area contributed by atoms with E-state index in [2.05, 4.69) is 20.7 Å². The predicted molar refractivity (Wildman–Crippen MR) is 305 cm³/mol. The zero-order valence-electron chi connectivity index (χ0n) is 45.2. The van der Waals surface area contributed by atoms with Crippen molar-refractivity contribution in [2.75, 3.05) is 32.6 Å². The molecule has 0 unspecified atom stereocenters. The number of Topliss-reactive ketones (excluding diaryl/α,β-unsaturated/α-hetero) is 1. The second-order valence-corrected chi connectivity index (χ2v) is 18.9. The standard InChI is InChI=1S/C28H24ClN3O7.C25H26ClN3O8.C5H9ClO2/c29-22-8-4-7-21(13-22)19-11-9-18(10-12-19)15-32(30-27(36)25-14-26(35)31-39-25)16-23(33)28(37)38-17-24(34)20-5-2-1-3-6-20;1-2-4-23(31)36-15-35-22-12-21(37-28-22)24(32)27-29(14-20(30)25(33)34)13-16-7-9-17(10-8-16)18-5-3-6-19(26)11-18;1-2-3-5(7)8-4-6/h1-14,23,33H,15-17H2,(H,30,36)(H,31,35);3,5-12,20,30H,2,4,13-15H2,1H3,(H,27,32)(H,33,34);2-4H2,1H3/t23-;20-;/m11./s1. The number of esters is 3. The van der Waals surface area contributed by atoms with Crippen molar-refractivity contribution in [3.8, 4) is 28.1 Å². The molecule has 84 heavy (non-hydrogen) atoms. The number of alkyl halides is 1. The number of carbonyl (C=O) groups excluding carboxylic acids is 6. The third-order valence-corrected chi connectivity index (χ3v) is 11.9. The van der Waals surface area contributed by atoms with Crippen LogP contribution >= 0.6 is 34.8 Å². The van der Waals surface area contributed by atoms with Crippen molar-refractivity contribution in [3.63, 3.8) is 0 Å². The lowest BCUT2D eigenvalue weighted by Gasteiger charge is -2.24. The Labute approximate surface area is 495 Å². The maximum Gasteiger partial charge on any atom is 0.336 e. The Morgan fingerprint density at radius 2 is 1.15 bits per heavy atom. The maximum atomic E-state index is 12.7. The molecular weight excluding hydrogens is 1160 g/mol. The van der Waals surface area contributed by atoms with Crippen molar-refractivity contribution in [1.82, 2.24) is 31.2 Å². The van der Waals surface area contributed by atoms with E-state index in [0.717, 1.165) is 45.9 Å². The Balaban J connectivity index is 0.000000272. The number of carboxylic acids is 1. The lowest BCUT2D eigenvalue weighted by molar-refractivity contribution is -0.154. The molecule has 0 saturated carbocycles. The zero-order valence-corrected chi connectivity index (χ0v) is 47.5. The number of aliphatic hydroxyl groups is 2. The second-order valence-electron chi connectivity index (χ2n) is 17.8. The van der Waals surface area contributed by atoms with Gasteiger partial charge in [-0.1, -0.05) is 152 Å². The summed E-state index contributed by atoms with van der Waals surface area (Å²) in [5, 5.41) is 38.8. The molecule has 5 aromatic carbocycles. The molecule has 0 saturated heterocycles. The predicted octanol–water partition coefficient (Wildman–Crippen LogP) is 8.02. The quantitative estimate of drug-likeness (QED) is 0.00709. The van der Waals surface area contributed by atoms with Crippen LogP contribution in [0.2, 0.25) is 10.0 Å². The number of nitrogens with zero attached hydrogens (tertiary/aromatic N) is 3. The molecule has 2 amide bonds. The lowest BCUT2D eigenvalue weighted by Crippen LogP contribution is -2.47. The summed E-state index contributed by atoms with van der Waals surface area (Å²) in [4.78, 5) is 94.2. The summed E-state index contributed by atoms with van der Waals surface area (Å²) in [7, 11) is 0. The molecule has 0 aliphatic rings. The van der Waals surface area contributed by atoms with Crippen LogP contribution in [-0.2, 0) is 46.5 Å². The van der Waals surface area contributed by atoms with E-state index in [0.29, 0.717) is 28.5 Å². The number of ketones is 1. The maximum absolute atomic E-state index is 12.7. The third-order valence-electron chi connectivity index (χ3n) is 11.3. The molecule has 444 valence electrons. The number of aliphatic hydroxyl groups excluding tert-OH is 2. The van der Waals surface area contributed by atoms with Gasteiger partial charge < -0.3 is 43.3 Å². The summed E-state index contributed by atoms with van der Waals surface area (Å²) in [5.41, 5.74) is 9.93. The number of hydrazine groups is 2. The zero-order chi connectivity index (χ0) is 61.0. The van der Waals surface area contributed by atoms with Crippen molar-refractivity contribution in [2.24, 2.45) is 0 Å². The Morgan fingerprint density at radius 1 is 0.631 bits per heavy atom. The molecule has 0 bridgehead atoms. The van der Waals surface area contributed by atoms with Gasteiger partial charge in [-0.2, -0.15) is 5.16 Å². The van der Waals surface area contributed by atoms with Crippen molar-refractivity contribution in [2.45, 2.75) is 64.8 Å². The number of carbonyl (C=O) groups is 7. The number of aromatic nitrogens is 2. The molecule has 2 heterocycles. The van der Waals surface area contributed by atoms with Gasteiger partial charge in [-0.3, -0.25) is 39.6 Å². The Hall–Kier alpha value is -8.68. The highest BCUT2D eigenvalue weighted by atomic mass is 35.5. The van der Waals surface area contributed by atoms with Crippen LogP contribution < -0.4 is 21.1 Å². The minimum Gasteiger partial charge on any atom is -0.479 e. The van der Waals surface area contributed by atoms with Gasteiger partial charge in [0.1, 0.15) is 0 Å². The smallest absolute Gasteiger partial charge is 0.336 e. The Kier molecular flexibility index (Phi) is 27.3.